The zero-order valence-corrected chi connectivity index (χ0v) is 12.8. The minimum absolute atomic E-state index is 0.0937. The van der Waals surface area contributed by atoms with Crippen LogP contribution in [0.5, 0.6) is 0 Å². The van der Waals surface area contributed by atoms with Crippen molar-refractivity contribution >= 4 is 11.9 Å². The summed E-state index contributed by atoms with van der Waals surface area (Å²) in [6.07, 6.45) is 10.4. The van der Waals surface area contributed by atoms with Crippen LogP contribution in [0.3, 0.4) is 0 Å². The number of anilines is 1. The Kier molecular flexibility index (Phi) is 6.44. The number of hydrogen-bond donors (Lipinski definition) is 1. The summed E-state index contributed by atoms with van der Waals surface area (Å²) in [6.45, 7) is 3.06. The normalized spacial score (nSPS) is 17.2. The summed E-state index contributed by atoms with van der Waals surface area (Å²) in [5.41, 5.74) is 0. The number of aromatic nitrogens is 2. The smallest absolute Gasteiger partial charge is 0.306 e. The van der Waals surface area contributed by atoms with Crippen LogP contribution in [0, 0.1) is 11.8 Å². The van der Waals surface area contributed by atoms with Crippen LogP contribution in [0.25, 0.3) is 0 Å². The van der Waals surface area contributed by atoms with Crippen molar-refractivity contribution in [3.05, 3.63) is 18.5 Å². The van der Waals surface area contributed by atoms with E-state index in [1.165, 1.54) is 32.1 Å². The molecule has 0 spiro atoms. The topological polar surface area (TPSA) is 64.1 Å². The van der Waals surface area contributed by atoms with E-state index in [9.17, 15) is 4.79 Å². The molecule has 1 saturated carbocycles. The van der Waals surface area contributed by atoms with Gasteiger partial charge in [-0.15, -0.1) is 0 Å². The van der Waals surface area contributed by atoms with E-state index in [-0.39, 0.29) is 5.97 Å². The summed E-state index contributed by atoms with van der Waals surface area (Å²) in [5.74, 6) is 1.60. The van der Waals surface area contributed by atoms with Crippen LogP contribution in [-0.2, 0) is 9.53 Å². The maximum Gasteiger partial charge on any atom is 0.306 e. The molecule has 1 aliphatic carbocycles. The van der Waals surface area contributed by atoms with Crippen molar-refractivity contribution in [1.29, 1.82) is 0 Å². The third kappa shape index (κ3) is 5.69. The van der Waals surface area contributed by atoms with Gasteiger partial charge in [-0.25, -0.2) is 9.97 Å². The Labute approximate surface area is 126 Å². The largest absolute Gasteiger partial charge is 0.464 e. The Bertz CT molecular complexity index is 419. The Balaban J connectivity index is 1.58. The maximum absolute atomic E-state index is 11.8. The number of hydrogen-bond acceptors (Lipinski definition) is 5. The number of carbonyl (C=O) groups excluding carboxylic acids is 1. The van der Waals surface area contributed by atoms with E-state index in [0.717, 1.165) is 0 Å². The monoisotopic (exact) mass is 291 g/mol. The fraction of sp³-hybridized carbons (Fsp3) is 0.688. The summed E-state index contributed by atoms with van der Waals surface area (Å²) in [7, 11) is 0. The number of esters is 1. The number of carbonyl (C=O) groups is 1. The molecule has 0 bridgehead atoms. The van der Waals surface area contributed by atoms with Crippen molar-refractivity contribution in [3.63, 3.8) is 0 Å². The van der Waals surface area contributed by atoms with E-state index in [0.29, 0.717) is 37.4 Å². The van der Waals surface area contributed by atoms with Crippen molar-refractivity contribution in [1.82, 2.24) is 9.97 Å². The van der Waals surface area contributed by atoms with Gasteiger partial charge in [-0.2, -0.15) is 0 Å². The maximum atomic E-state index is 11.8. The summed E-state index contributed by atoms with van der Waals surface area (Å²) in [4.78, 5) is 19.9. The van der Waals surface area contributed by atoms with Crippen LogP contribution in [-0.4, -0.2) is 29.1 Å². The average molecular weight is 291 g/mol. The molecule has 1 heterocycles. The molecule has 21 heavy (non-hydrogen) atoms. The van der Waals surface area contributed by atoms with E-state index < -0.39 is 0 Å². The third-order valence-electron chi connectivity index (χ3n) is 4.16. The van der Waals surface area contributed by atoms with Crippen molar-refractivity contribution in [2.24, 2.45) is 11.8 Å². The molecule has 0 amide bonds. The Hall–Kier alpha value is -1.65. The first-order valence-electron chi connectivity index (χ1n) is 7.92. The molecule has 1 aliphatic rings. The second-order valence-corrected chi connectivity index (χ2v) is 5.80. The number of ether oxygens (including phenoxy) is 1. The van der Waals surface area contributed by atoms with Crippen LogP contribution < -0.4 is 5.32 Å². The first-order valence-corrected chi connectivity index (χ1v) is 7.92. The lowest BCUT2D eigenvalue weighted by Gasteiger charge is -2.26. The van der Waals surface area contributed by atoms with Gasteiger partial charge in [0.25, 0.3) is 0 Å². The van der Waals surface area contributed by atoms with Gasteiger partial charge in [0.1, 0.15) is 6.61 Å². The van der Waals surface area contributed by atoms with Crippen LogP contribution in [0.1, 0.15) is 45.4 Å². The van der Waals surface area contributed by atoms with Gasteiger partial charge in [0.2, 0.25) is 5.95 Å². The van der Waals surface area contributed by atoms with Gasteiger partial charge >= 0.3 is 5.97 Å². The fourth-order valence-electron chi connectivity index (χ4n) is 2.91. The molecule has 0 radical (unpaired) electrons. The number of nitrogens with zero attached hydrogens (tertiary/aromatic N) is 2. The molecule has 1 aromatic heterocycles. The molecule has 1 fully saturated rings. The van der Waals surface area contributed by atoms with E-state index in [1.807, 2.05) is 0 Å². The second-order valence-electron chi connectivity index (χ2n) is 5.80. The first kappa shape index (κ1) is 15.7. The molecule has 1 aromatic rings. The molecule has 116 valence electrons. The Morgan fingerprint density at radius 3 is 2.76 bits per heavy atom. The van der Waals surface area contributed by atoms with E-state index in [2.05, 4.69) is 22.2 Å². The predicted octanol–water partition coefficient (Wildman–Crippen LogP) is 3.04. The minimum atomic E-state index is -0.0937. The Morgan fingerprint density at radius 1 is 1.33 bits per heavy atom. The highest BCUT2D eigenvalue weighted by Gasteiger charge is 2.22. The SMILES string of the molecule is CC(CC(=O)OCCNc1ncccn1)C1CCCCC1. The quantitative estimate of drug-likeness (QED) is 0.618. The van der Waals surface area contributed by atoms with Crippen molar-refractivity contribution < 1.29 is 9.53 Å². The highest BCUT2D eigenvalue weighted by atomic mass is 16.5. The summed E-state index contributed by atoms with van der Waals surface area (Å²) >= 11 is 0. The van der Waals surface area contributed by atoms with Crippen molar-refractivity contribution in [2.75, 3.05) is 18.5 Å². The van der Waals surface area contributed by atoms with Crippen molar-refractivity contribution in [2.45, 2.75) is 45.4 Å². The highest BCUT2D eigenvalue weighted by molar-refractivity contribution is 5.69. The molecule has 2 rings (SSSR count). The third-order valence-corrected chi connectivity index (χ3v) is 4.16. The van der Waals surface area contributed by atoms with Crippen LogP contribution in [0.2, 0.25) is 0 Å². The molecule has 1 N–H and O–H groups in total. The summed E-state index contributed by atoms with van der Waals surface area (Å²) in [5, 5.41) is 3.02. The van der Waals surface area contributed by atoms with Crippen LogP contribution in [0.4, 0.5) is 5.95 Å². The first-order chi connectivity index (χ1) is 10.3. The van der Waals surface area contributed by atoms with Gasteiger partial charge in [-0.1, -0.05) is 39.0 Å². The van der Waals surface area contributed by atoms with Gasteiger partial charge < -0.3 is 10.1 Å². The number of nitrogens with one attached hydrogen (secondary N) is 1. The number of rotatable bonds is 7. The molecule has 5 nitrogen and oxygen atoms in total. The molecule has 0 aromatic carbocycles. The fourth-order valence-corrected chi connectivity index (χ4v) is 2.91. The van der Waals surface area contributed by atoms with Crippen LogP contribution in [0.15, 0.2) is 18.5 Å². The molecule has 1 unspecified atom stereocenters. The summed E-state index contributed by atoms with van der Waals surface area (Å²) in [6, 6.07) is 1.76. The lowest BCUT2D eigenvalue weighted by molar-refractivity contribution is -0.144. The zero-order valence-electron chi connectivity index (χ0n) is 12.8. The van der Waals surface area contributed by atoms with Crippen molar-refractivity contribution in [3.8, 4) is 0 Å². The van der Waals surface area contributed by atoms with Gasteiger partial charge in [0.05, 0.1) is 6.54 Å². The molecule has 5 heteroatoms. The van der Waals surface area contributed by atoms with Gasteiger partial charge in [0.15, 0.2) is 0 Å². The zero-order chi connectivity index (χ0) is 14.9. The highest BCUT2D eigenvalue weighted by Crippen LogP contribution is 2.31. The Morgan fingerprint density at radius 2 is 2.05 bits per heavy atom. The van der Waals surface area contributed by atoms with Gasteiger partial charge in [0, 0.05) is 18.8 Å². The lowest BCUT2D eigenvalue weighted by Crippen LogP contribution is -2.21. The molecular formula is C16H25N3O2. The van der Waals surface area contributed by atoms with E-state index in [4.69, 9.17) is 4.74 Å². The van der Waals surface area contributed by atoms with E-state index in [1.54, 1.807) is 18.5 Å². The average Bonchev–Trinajstić information content (AvgIpc) is 2.53. The van der Waals surface area contributed by atoms with E-state index >= 15 is 0 Å². The van der Waals surface area contributed by atoms with Gasteiger partial charge in [-0.05, 0) is 17.9 Å². The standard InChI is InChI=1S/C16H25N3O2/c1-13(14-6-3-2-4-7-14)12-15(20)21-11-10-19-16-17-8-5-9-18-16/h5,8-9,13-14H,2-4,6-7,10-12H2,1H3,(H,17,18,19). The molecule has 0 saturated heterocycles. The molecular weight excluding hydrogens is 266 g/mol. The second kappa shape index (κ2) is 8.60. The van der Waals surface area contributed by atoms with Gasteiger partial charge in [-0.3, -0.25) is 4.79 Å². The molecule has 0 aliphatic heterocycles. The minimum Gasteiger partial charge on any atom is -0.464 e. The molecule has 1 atom stereocenters. The summed E-state index contributed by atoms with van der Waals surface area (Å²) < 4.78 is 5.27. The van der Waals surface area contributed by atoms with Crippen LogP contribution >= 0.6 is 0 Å². The lowest BCUT2D eigenvalue weighted by atomic mass is 9.79. The predicted molar refractivity (Wildman–Crippen MR) is 81.8 cm³/mol.